The summed E-state index contributed by atoms with van der Waals surface area (Å²) in [5.41, 5.74) is 0.109. The van der Waals surface area contributed by atoms with Crippen molar-refractivity contribution < 1.29 is 23.1 Å². The number of para-hydroxylation sites is 1. The summed E-state index contributed by atoms with van der Waals surface area (Å²) in [5, 5.41) is 3.08. The Kier molecular flexibility index (Phi) is 6.47. The zero-order valence-corrected chi connectivity index (χ0v) is 15.2. The van der Waals surface area contributed by atoms with Gasteiger partial charge in [-0.1, -0.05) is 31.4 Å². The monoisotopic (exact) mass is 381 g/mol. The van der Waals surface area contributed by atoms with Crippen molar-refractivity contribution in [2.45, 2.75) is 44.8 Å². The summed E-state index contributed by atoms with van der Waals surface area (Å²) < 4.78 is 29.5. The number of nitrogens with zero attached hydrogens (tertiary/aromatic N) is 2. The van der Waals surface area contributed by atoms with Crippen molar-refractivity contribution in [1.82, 2.24) is 15.1 Å². The number of carbonyl (C=O) groups is 2. The van der Waals surface area contributed by atoms with Crippen molar-refractivity contribution in [3.05, 3.63) is 29.8 Å². The van der Waals surface area contributed by atoms with Crippen molar-refractivity contribution >= 4 is 11.9 Å². The highest BCUT2D eigenvalue weighted by Gasteiger charge is 2.28. The highest BCUT2D eigenvalue weighted by molar-refractivity contribution is 5.97. The van der Waals surface area contributed by atoms with E-state index >= 15 is 0 Å². The van der Waals surface area contributed by atoms with E-state index in [1.54, 1.807) is 21.9 Å². The molecule has 27 heavy (non-hydrogen) atoms. The number of carbonyl (C=O) groups excluding carboxylic acids is 2. The number of urea groups is 1. The molecule has 2 fully saturated rings. The second-order valence-electron chi connectivity index (χ2n) is 6.94. The first-order valence-corrected chi connectivity index (χ1v) is 9.43. The summed E-state index contributed by atoms with van der Waals surface area (Å²) in [4.78, 5) is 28.3. The standard InChI is InChI=1S/C19H25F2N3O3/c20-18(21)27-16-9-5-4-8-15(16)17(25)23-10-12-24(13-11-23)19(26)22-14-6-2-1-3-7-14/h4-5,8-9,14,18H,1-3,6-7,10-13H2,(H,22,26). The quantitative estimate of drug-likeness (QED) is 0.872. The average Bonchev–Trinajstić information content (AvgIpc) is 2.68. The van der Waals surface area contributed by atoms with Crippen molar-refractivity contribution in [1.29, 1.82) is 0 Å². The minimum Gasteiger partial charge on any atom is -0.434 e. The molecule has 3 rings (SSSR count). The van der Waals surface area contributed by atoms with Crippen LogP contribution in [-0.4, -0.2) is 60.6 Å². The van der Waals surface area contributed by atoms with Gasteiger partial charge in [0.1, 0.15) is 5.75 Å². The smallest absolute Gasteiger partial charge is 0.387 e. The molecular formula is C19H25F2N3O3. The van der Waals surface area contributed by atoms with E-state index in [2.05, 4.69) is 10.1 Å². The first kappa shape index (κ1) is 19.4. The van der Waals surface area contributed by atoms with E-state index < -0.39 is 6.61 Å². The lowest BCUT2D eigenvalue weighted by molar-refractivity contribution is -0.0503. The molecule has 2 aliphatic rings. The van der Waals surface area contributed by atoms with Crippen molar-refractivity contribution in [2.75, 3.05) is 26.2 Å². The van der Waals surface area contributed by atoms with E-state index in [1.165, 1.54) is 18.6 Å². The van der Waals surface area contributed by atoms with Crippen LogP contribution in [0.15, 0.2) is 24.3 Å². The number of ether oxygens (including phenoxy) is 1. The van der Waals surface area contributed by atoms with Gasteiger partial charge in [0, 0.05) is 32.2 Å². The van der Waals surface area contributed by atoms with Gasteiger partial charge in [-0.05, 0) is 25.0 Å². The van der Waals surface area contributed by atoms with Crippen LogP contribution in [0.5, 0.6) is 5.75 Å². The zero-order valence-electron chi connectivity index (χ0n) is 15.2. The SMILES string of the molecule is O=C(NC1CCCCC1)N1CCN(C(=O)c2ccccc2OC(F)F)CC1. The summed E-state index contributed by atoms with van der Waals surface area (Å²) in [6, 6.07) is 6.14. The van der Waals surface area contributed by atoms with Crippen LogP contribution in [-0.2, 0) is 0 Å². The molecule has 0 aromatic heterocycles. The first-order chi connectivity index (χ1) is 13.0. The number of amides is 3. The van der Waals surface area contributed by atoms with Crippen LogP contribution in [0.2, 0.25) is 0 Å². The first-order valence-electron chi connectivity index (χ1n) is 9.43. The molecule has 0 atom stereocenters. The molecule has 1 heterocycles. The molecule has 0 bridgehead atoms. The van der Waals surface area contributed by atoms with Crippen LogP contribution < -0.4 is 10.1 Å². The van der Waals surface area contributed by atoms with Crippen LogP contribution in [0, 0.1) is 0 Å². The molecule has 1 aliphatic carbocycles. The fraction of sp³-hybridized carbons (Fsp3) is 0.579. The van der Waals surface area contributed by atoms with E-state index in [9.17, 15) is 18.4 Å². The largest absolute Gasteiger partial charge is 0.434 e. The van der Waals surface area contributed by atoms with Gasteiger partial charge in [0.15, 0.2) is 0 Å². The van der Waals surface area contributed by atoms with E-state index in [0.29, 0.717) is 26.2 Å². The highest BCUT2D eigenvalue weighted by Crippen LogP contribution is 2.23. The molecule has 0 radical (unpaired) electrons. The van der Waals surface area contributed by atoms with Crippen molar-refractivity contribution in [2.24, 2.45) is 0 Å². The van der Waals surface area contributed by atoms with Crippen LogP contribution in [0.1, 0.15) is 42.5 Å². The Morgan fingerprint density at radius 3 is 2.30 bits per heavy atom. The summed E-state index contributed by atoms with van der Waals surface area (Å²) in [6.07, 6.45) is 5.56. The van der Waals surface area contributed by atoms with E-state index in [1.807, 2.05) is 0 Å². The predicted octanol–water partition coefficient (Wildman–Crippen LogP) is 3.09. The Balaban J connectivity index is 1.54. The second kappa shape index (κ2) is 9.01. The molecule has 0 spiro atoms. The number of hydrogen-bond acceptors (Lipinski definition) is 3. The normalized spacial score (nSPS) is 18.5. The van der Waals surface area contributed by atoms with Gasteiger partial charge in [0.2, 0.25) is 0 Å². The number of piperazine rings is 1. The molecule has 1 aromatic rings. The summed E-state index contributed by atoms with van der Waals surface area (Å²) in [7, 11) is 0. The maximum atomic E-state index is 12.7. The lowest BCUT2D eigenvalue weighted by Gasteiger charge is -2.36. The van der Waals surface area contributed by atoms with Crippen molar-refractivity contribution in [3.63, 3.8) is 0 Å². The number of hydrogen-bond donors (Lipinski definition) is 1. The molecule has 6 nitrogen and oxygen atoms in total. The van der Waals surface area contributed by atoms with Crippen LogP contribution in [0.25, 0.3) is 0 Å². The number of benzene rings is 1. The van der Waals surface area contributed by atoms with Crippen LogP contribution >= 0.6 is 0 Å². The molecule has 1 N–H and O–H groups in total. The Morgan fingerprint density at radius 1 is 1.00 bits per heavy atom. The molecule has 1 aliphatic heterocycles. The number of halogens is 2. The minimum atomic E-state index is -2.99. The van der Waals surface area contributed by atoms with Gasteiger partial charge in [-0.2, -0.15) is 8.78 Å². The van der Waals surface area contributed by atoms with E-state index in [-0.39, 0.29) is 29.3 Å². The molecule has 0 unspecified atom stereocenters. The lowest BCUT2D eigenvalue weighted by Crippen LogP contribution is -2.54. The Hall–Kier alpha value is -2.38. The third kappa shape index (κ3) is 5.08. The van der Waals surface area contributed by atoms with Gasteiger partial charge >= 0.3 is 12.6 Å². The van der Waals surface area contributed by atoms with Gasteiger partial charge in [-0.15, -0.1) is 0 Å². The van der Waals surface area contributed by atoms with Crippen molar-refractivity contribution in [3.8, 4) is 5.75 Å². The lowest BCUT2D eigenvalue weighted by atomic mass is 9.96. The topological polar surface area (TPSA) is 61.9 Å². The third-order valence-corrected chi connectivity index (χ3v) is 5.12. The van der Waals surface area contributed by atoms with Gasteiger partial charge in [0.25, 0.3) is 5.91 Å². The molecular weight excluding hydrogens is 356 g/mol. The maximum Gasteiger partial charge on any atom is 0.387 e. The average molecular weight is 381 g/mol. The molecule has 1 saturated heterocycles. The van der Waals surface area contributed by atoms with Crippen LogP contribution in [0.3, 0.4) is 0 Å². The molecule has 1 saturated carbocycles. The summed E-state index contributed by atoms with van der Waals surface area (Å²) >= 11 is 0. The number of rotatable bonds is 4. The fourth-order valence-electron chi connectivity index (χ4n) is 3.64. The van der Waals surface area contributed by atoms with E-state index in [4.69, 9.17) is 0 Å². The van der Waals surface area contributed by atoms with Gasteiger partial charge in [-0.25, -0.2) is 4.79 Å². The minimum absolute atomic E-state index is 0.0876. The number of alkyl halides is 2. The van der Waals surface area contributed by atoms with Gasteiger partial charge in [-0.3, -0.25) is 4.79 Å². The van der Waals surface area contributed by atoms with Crippen LogP contribution in [0.4, 0.5) is 13.6 Å². The number of nitrogens with one attached hydrogen (secondary N) is 1. The molecule has 3 amide bonds. The Morgan fingerprint density at radius 2 is 1.63 bits per heavy atom. The van der Waals surface area contributed by atoms with Gasteiger partial charge in [0.05, 0.1) is 5.56 Å². The second-order valence-corrected chi connectivity index (χ2v) is 6.94. The summed E-state index contributed by atoms with van der Waals surface area (Å²) in [5.74, 6) is -0.492. The molecule has 8 heteroatoms. The van der Waals surface area contributed by atoms with E-state index in [0.717, 1.165) is 25.7 Å². The maximum absolute atomic E-state index is 12.7. The Bertz CT molecular complexity index is 657. The summed E-state index contributed by atoms with van der Waals surface area (Å²) in [6.45, 7) is -1.43. The van der Waals surface area contributed by atoms with Gasteiger partial charge < -0.3 is 19.9 Å². The highest BCUT2D eigenvalue weighted by atomic mass is 19.3. The molecule has 1 aromatic carbocycles. The zero-order chi connectivity index (χ0) is 19.2. The third-order valence-electron chi connectivity index (χ3n) is 5.12. The predicted molar refractivity (Wildman–Crippen MR) is 96.0 cm³/mol. The molecule has 148 valence electrons. The fourth-order valence-corrected chi connectivity index (χ4v) is 3.64. The Labute approximate surface area is 157 Å².